The van der Waals surface area contributed by atoms with Gasteiger partial charge in [-0.15, -0.1) is 0 Å². The van der Waals surface area contributed by atoms with Gasteiger partial charge in [0.2, 0.25) is 5.75 Å². The second-order valence-electron chi connectivity index (χ2n) is 3.30. The van der Waals surface area contributed by atoms with Gasteiger partial charge in [0, 0.05) is 12.3 Å². The van der Waals surface area contributed by atoms with Crippen molar-refractivity contribution in [3.05, 3.63) is 45.2 Å². The number of hydrogen-bond acceptors (Lipinski definition) is 6. The maximum atomic E-state index is 13.5. The second kappa shape index (κ2) is 4.96. The van der Waals surface area contributed by atoms with E-state index in [0.717, 1.165) is 6.07 Å². The molecule has 0 unspecified atom stereocenters. The number of rotatable bonds is 4. The first kappa shape index (κ1) is 12.2. The van der Waals surface area contributed by atoms with Crippen molar-refractivity contribution < 1.29 is 14.1 Å². The molecule has 0 aliphatic carbocycles. The van der Waals surface area contributed by atoms with Crippen molar-refractivity contribution in [2.75, 3.05) is 5.73 Å². The highest BCUT2D eigenvalue weighted by molar-refractivity contribution is 7.15. The van der Waals surface area contributed by atoms with E-state index in [2.05, 4.69) is 4.98 Å². The predicted molar refractivity (Wildman–Crippen MR) is 63.9 cm³/mol. The molecular weight excluding hydrogens is 261 g/mol. The lowest BCUT2D eigenvalue weighted by Gasteiger charge is -2.05. The number of nitro groups is 1. The third kappa shape index (κ3) is 2.54. The van der Waals surface area contributed by atoms with Crippen LogP contribution in [-0.4, -0.2) is 9.91 Å². The number of halogens is 1. The minimum absolute atomic E-state index is 0.0172. The molecule has 0 radical (unpaired) electrons. The highest BCUT2D eigenvalue weighted by Gasteiger charge is 2.19. The van der Waals surface area contributed by atoms with E-state index in [4.69, 9.17) is 10.5 Å². The van der Waals surface area contributed by atoms with Crippen LogP contribution in [0, 0.1) is 15.9 Å². The Hall–Kier alpha value is -2.22. The third-order valence-corrected chi connectivity index (χ3v) is 2.87. The molecule has 0 atom stereocenters. The Morgan fingerprint density at radius 3 is 2.94 bits per heavy atom. The SMILES string of the molecule is Nc1ncc(COc2c(F)cccc2[N+](=O)[O-])s1. The van der Waals surface area contributed by atoms with Crippen LogP contribution >= 0.6 is 11.3 Å². The van der Waals surface area contributed by atoms with Gasteiger partial charge in [0.15, 0.2) is 10.9 Å². The van der Waals surface area contributed by atoms with Crippen molar-refractivity contribution >= 4 is 22.2 Å². The zero-order valence-electron chi connectivity index (χ0n) is 9.00. The van der Waals surface area contributed by atoms with E-state index in [1.54, 1.807) is 0 Å². The van der Waals surface area contributed by atoms with Crippen LogP contribution in [-0.2, 0) is 6.61 Å². The van der Waals surface area contributed by atoms with Gasteiger partial charge in [0.05, 0.1) is 9.80 Å². The Kier molecular flexibility index (Phi) is 3.38. The summed E-state index contributed by atoms with van der Waals surface area (Å²) in [4.78, 5) is 14.5. The van der Waals surface area contributed by atoms with Crippen molar-refractivity contribution in [1.82, 2.24) is 4.98 Å². The summed E-state index contributed by atoms with van der Waals surface area (Å²) < 4.78 is 18.6. The Balaban J connectivity index is 2.20. The second-order valence-corrected chi connectivity index (χ2v) is 4.45. The molecule has 0 bridgehead atoms. The van der Waals surface area contributed by atoms with Crippen molar-refractivity contribution in [3.8, 4) is 5.75 Å². The standard InChI is InChI=1S/C10H8FN3O3S/c11-7-2-1-3-8(14(15)16)9(7)17-5-6-4-13-10(12)18-6/h1-4H,5H2,(H2,12,13). The van der Waals surface area contributed by atoms with Crippen LogP contribution in [0.4, 0.5) is 15.2 Å². The minimum Gasteiger partial charge on any atom is -0.479 e. The number of hydrogen-bond donors (Lipinski definition) is 1. The van der Waals surface area contributed by atoms with E-state index in [1.165, 1.54) is 29.7 Å². The fourth-order valence-corrected chi connectivity index (χ4v) is 1.91. The zero-order valence-corrected chi connectivity index (χ0v) is 9.82. The number of nitrogens with zero attached hydrogens (tertiary/aromatic N) is 2. The molecule has 0 spiro atoms. The van der Waals surface area contributed by atoms with Gasteiger partial charge in [-0.05, 0) is 6.07 Å². The van der Waals surface area contributed by atoms with Gasteiger partial charge in [-0.25, -0.2) is 9.37 Å². The first-order valence-corrected chi connectivity index (χ1v) is 5.65. The van der Waals surface area contributed by atoms with E-state index in [-0.39, 0.29) is 12.4 Å². The van der Waals surface area contributed by atoms with E-state index >= 15 is 0 Å². The smallest absolute Gasteiger partial charge is 0.314 e. The molecule has 2 N–H and O–H groups in total. The van der Waals surface area contributed by atoms with E-state index < -0.39 is 16.4 Å². The van der Waals surface area contributed by atoms with Crippen molar-refractivity contribution in [1.29, 1.82) is 0 Å². The normalized spacial score (nSPS) is 10.3. The largest absolute Gasteiger partial charge is 0.479 e. The molecule has 2 aromatic rings. The molecule has 8 heteroatoms. The highest BCUT2D eigenvalue weighted by Crippen LogP contribution is 2.30. The molecule has 1 aromatic heterocycles. The van der Waals surface area contributed by atoms with Gasteiger partial charge in [0.25, 0.3) is 0 Å². The Labute approximate surface area is 105 Å². The Morgan fingerprint density at radius 1 is 1.56 bits per heavy atom. The number of benzene rings is 1. The molecule has 0 aliphatic rings. The fraction of sp³-hybridized carbons (Fsp3) is 0.100. The molecule has 0 fully saturated rings. The summed E-state index contributed by atoms with van der Waals surface area (Å²) in [5.41, 5.74) is 5.02. The third-order valence-electron chi connectivity index (χ3n) is 2.07. The molecule has 18 heavy (non-hydrogen) atoms. The molecule has 0 aliphatic heterocycles. The number of nitrogens with two attached hydrogens (primary N) is 1. The van der Waals surface area contributed by atoms with Crippen molar-refractivity contribution in [3.63, 3.8) is 0 Å². The van der Waals surface area contributed by atoms with Crippen LogP contribution in [0.2, 0.25) is 0 Å². The number of aromatic nitrogens is 1. The first-order chi connectivity index (χ1) is 8.58. The van der Waals surface area contributed by atoms with Crippen molar-refractivity contribution in [2.45, 2.75) is 6.61 Å². The average Bonchev–Trinajstić information content (AvgIpc) is 2.73. The molecular formula is C10H8FN3O3S. The summed E-state index contributed by atoms with van der Waals surface area (Å²) in [6.45, 7) is -0.0172. The summed E-state index contributed by atoms with van der Waals surface area (Å²) in [6, 6.07) is 3.54. The number of ether oxygens (including phenoxy) is 1. The number of nitrogen functional groups attached to an aromatic ring is 1. The van der Waals surface area contributed by atoms with Crippen LogP contribution < -0.4 is 10.5 Å². The molecule has 6 nitrogen and oxygen atoms in total. The van der Waals surface area contributed by atoms with Gasteiger partial charge in [-0.1, -0.05) is 17.4 Å². The predicted octanol–water partition coefficient (Wildman–Crippen LogP) is 2.35. The zero-order chi connectivity index (χ0) is 13.1. The van der Waals surface area contributed by atoms with E-state index in [9.17, 15) is 14.5 Å². The van der Waals surface area contributed by atoms with Gasteiger partial charge >= 0.3 is 5.69 Å². The molecule has 1 aromatic carbocycles. The summed E-state index contributed by atoms with van der Waals surface area (Å²) in [5, 5.41) is 11.1. The topological polar surface area (TPSA) is 91.3 Å². The number of nitro benzene ring substituents is 1. The quantitative estimate of drug-likeness (QED) is 0.679. The van der Waals surface area contributed by atoms with E-state index in [1.807, 2.05) is 0 Å². The molecule has 0 amide bonds. The van der Waals surface area contributed by atoms with Gasteiger partial charge in [-0.2, -0.15) is 0 Å². The van der Waals surface area contributed by atoms with Crippen LogP contribution in [0.3, 0.4) is 0 Å². The molecule has 0 saturated heterocycles. The first-order valence-electron chi connectivity index (χ1n) is 4.84. The lowest BCUT2D eigenvalue weighted by molar-refractivity contribution is -0.386. The monoisotopic (exact) mass is 269 g/mol. The summed E-state index contributed by atoms with van der Waals surface area (Å²) in [5.74, 6) is -1.16. The van der Waals surface area contributed by atoms with Gasteiger partial charge < -0.3 is 10.5 Å². The van der Waals surface area contributed by atoms with Gasteiger partial charge in [0.1, 0.15) is 6.61 Å². The Morgan fingerprint density at radius 2 is 2.33 bits per heavy atom. The number of anilines is 1. The number of thiazole rings is 1. The Bertz CT molecular complexity index is 587. The van der Waals surface area contributed by atoms with Crippen LogP contribution in [0.5, 0.6) is 5.75 Å². The maximum Gasteiger partial charge on any atom is 0.314 e. The van der Waals surface area contributed by atoms with Crippen LogP contribution in [0.1, 0.15) is 4.88 Å². The number of para-hydroxylation sites is 1. The lowest BCUT2D eigenvalue weighted by atomic mass is 10.3. The fourth-order valence-electron chi connectivity index (χ4n) is 1.32. The highest BCUT2D eigenvalue weighted by atomic mass is 32.1. The van der Waals surface area contributed by atoms with Gasteiger partial charge in [-0.3, -0.25) is 10.1 Å². The summed E-state index contributed by atoms with van der Waals surface area (Å²) in [7, 11) is 0. The minimum atomic E-state index is -0.776. The van der Waals surface area contributed by atoms with Crippen LogP contribution in [0.25, 0.3) is 0 Å². The van der Waals surface area contributed by atoms with E-state index in [0.29, 0.717) is 10.0 Å². The summed E-state index contributed by atoms with van der Waals surface area (Å²) in [6.07, 6.45) is 1.48. The molecule has 94 valence electrons. The average molecular weight is 269 g/mol. The molecule has 1 heterocycles. The van der Waals surface area contributed by atoms with Crippen LogP contribution in [0.15, 0.2) is 24.4 Å². The summed E-state index contributed by atoms with van der Waals surface area (Å²) >= 11 is 1.18. The lowest BCUT2D eigenvalue weighted by Crippen LogP contribution is -2.00. The molecule has 0 saturated carbocycles. The molecule has 2 rings (SSSR count). The van der Waals surface area contributed by atoms with Crippen molar-refractivity contribution in [2.24, 2.45) is 0 Å². The maximum absolute atomic E-state index is 13.5.